The smallest absolute Gasteiger partial charge is 0.240 e. The summed E-state index contributed by atoms with van der Waals surface area (Å²) in [6.07, 6.45) is 0.859. The zero-order valence-corrected chi connectivity index (χ0v) is 13.8. The van der Waals surface area contributed by atoms with E-state index in [0.717, 1.165) is 44.1 Å². The van der Waals surface area contributed by atoms with Gasteiger partial charge in [-0.25, -0.2) is 0 Å². The van der Waals surface area contributed by atoms with Crippen LogP contribution in [0.5, 0.6) is 5.75 Å². The number of anilines is 1. The lowest BCUT2D eigenvalue weighted by molar-refractivity contribution is 0.215. The average Bonchev–Trinajstić information content (AvgIpc) is 2.95. The molecule has 3 rings (SSSR count). The molecule has 23 heavy (non-hydrogen) atoms. The van der Waals surface area contributed by atoms with Gasteiger partial charge in [0.25, 0.3) is 0 Å². The van der Waals surface area contributed by atoms with E-state index in [4.69, 9.17) is 4.52 Å². The molecule has 0 radical (unpaired) electrons. The molecule has 2 heterocycles. The van der Waals surface area contributed by atoms with Crippen LogP contribution in [0, 0.1) is 5.92 Å². The van der Waals surface area contributed by atoms with E-state index < -0.39 is 0 Å². The molecular weight excluding hydrogens is 292 g/mol. The maximum atomic E-state index is 9.37. The molecule has 1 aromatic heterocycles. The van der Waals surface area contributed by atoms with Gasteiger partial charge in [0.1, 0.15) is 5.75 Å². The Labute approximate surface area is 136 Å². The first kappa shape index (κ1) is 15.8. The summed E-state index contributed by atoms with van der Waals surface area (Å²) in [4.78, 5) is 9.13. The number of hydrogen-bond acceptors (Lipinski definition) is 6. The van der Waals surface area contributed by atoms with Crippen LogP contribution >= 0.6 is 0 Å². The van der Waals surface area contributed by atoms with Crippen molar-refractivity contribution >= 4 is 5.69 Å². The Balaban J connectivity index is 1.51. The van der Waals surface area contributed by atoms with Crippen molar-refractivity contribution in [2.75, 3.05) is 31.1 Å². The first-order valence-electron chi connectivity index (χ1n) is 8.18. The lowest BCUT2D eigenvalue weighted by Gasteiger charge is -2.35. The van der Waals surface area contributed by atoms with Crippen molar-refractivity contribution in [3.8, 4) is 5.75 Å². The van der Waals surface area contributed by atoms with Crippen LogP contribution in [0.25, 0.3) is 0 Å². The molecule has 1 aromatic carbocycles. The number of benzene rings is 1. The number of phenolic OH excluding ortho intramolecular Hbond substituents is 1. The van der Waals surface area contributed by atoms with Crippen molar-refractivity contribution in [2.45, 2.75) is 26.8 Å². The Bertz CT molecular complexity index is 616. The van der Waals surface area contributed by atoms with Crippen molar-refractivity contribution in [3.63, 3.8) is 0 Å². The van der Waals surface area contributed by atoms with E-state index in [2.05, 4.69) is 33.8 Å². The second-order valence-corrected chi connectivity index (χ2v) is 6.48. The van der Waals surface area contributed by atoms with Crippen LogP contribution in [0.3, 0.4) is 0 Å². The van der Waals surface area contributed by atoms with Gasteiger partial charge in [0.2, 0.25) is 5.89 Å². The molecule has 2 aromatic rings. The van der Waals surface area contributed by atoms with E-state index >= 15 is 0 Å². The molecule has 1 aliphatic heterocycles. The van der Waals surface area contributed by atoms with Gasteiger partial charge in [-0.05, 0) is 30.2 Å². The normalized spacial score (nSPS) is 16.2. The average molecular weight is 316 g/mol. The molecular formula is C17H24N4O2. The number of nitrogens with zero attached hydrogens (tertiary/aromatic N) is 4. The first-order chi connectivity index (χ1) is 11.1. The molecule has 0 atom stereocenters. The van der Waals surface area contributed by atoms with Gasteiger partial charge in [0.05, 0.1) is 6.54 Å². The van der Waals surface area contributed by atoms with Crippen LogP contribution < -0.4 is 4.90 Å². The third-order valence-electron chi connectivity index (χ3n) is 4.05. The van der Waals surface area contributed by atoms with E-state index in [1.807, 2.05) is 12.1 Å². The zero-order chi connectivity index (χ0) is 16.2. The molecule has 0 amide bonds. The van der Waals surface area contributed by atoms with Gasteiger partial charge in [0.15, 0.2) is 5.82 Å². The van der Waals surface area contributed by atoms with Crippen LogP contribution in [0.4, 0.5) is 5.69 Å². The summed E-state index contributed by atoms with van der Waals surface area (Å²) < 4.78 is 5.35. The fourth-order valence-corrected chi connectivity index (χ4v) is 2.82. The highest BCUT2D eigenvalue weighted by Gasteiger charge is 2.19. The summed E-state index contributed by atoms with van der Waals surface area (Å²) in [5.74, 6) is 2.35. The predicted octanol–water partition coefficient (Wildman–Crippen LogP) is 2.30. The molecule has 124 valence electrons. The van der Waals surface area contributed by atoms with E-state index in [1.165, 1.54) is 0 Å². The topological polar surface area (TPSA) is 65.6 Å². The Morgan fingerprint density at radius 2 is 1.83 bits per heavy atom. The second kappa shape index (κ2) is 7.00. The molecule has 1 fully saturated rings. The zero-order valence-electron chi connectivity index (χ0n) is 13.8. The SMILES string of the molecule is CC(C)Cc1noc(CN2CCN(c3ccc(O)cc3)CC2)n1. The Morgan fingerprint density at radius 1 is 1.13 bits per heavy atom. The predicted molar refractivity (Wildman–Crippen MR) is 88.4 cm³/mol. The second-order valence-electron chi connectivity index (χ2n) is 6.48. The fraction of sp³-hybridized carbons (Fsp3) is 0.529. The van der Waals surface area contributed by atoms with Crippen molar-refractivity contribution in [3.05, 3.63) is 36.0 Å². The highest BCUT2D eigenvalue weighted by atomic mass is 16.5. The molecule has 6 nitrogen and oxygen atoms in total. The minimum Gasteiger partial charge on any atom is -0.508 e. The lowest BCUT2D eigenvalue weighted by Crippen LogP contribution is -2.46. The monoisotopic (exact) mass is 316 g/mol. The minimum absolute atomic E-state index is 0.306. The van der Waals surface area contributed by atoms with Gasteiger partial charge in [-0.2, -0.15) is 4.98 Å². The van der Waals surface area contributed by atoms with E-state index in [-0.39, 0.29) is 0 Å². The molecule has 1 N–H and O–H groups in total. The quantitative estimate of drug-likeness (QED) is 0.913. The molecule has 0 bridgehead atoms. The maximum absolute atomic E-state index is 9.37. The van der Waals surface area contributed by atoms with Crippen molar-refractivity contribution in [1.29, 1.82) is 0 Å². The van der Waals surface area contributed by atoms with Crippen LogP contribution in [-0.2, 0) is 13.0 Å². The highest BCUT2D eigenvalue weighted by molar-refractivity contribution is 5.49. The third-order valence-corrected chi connectivity index (χ3v) is 4.05. The summed E-state index contributed by atoms with van der Waals surface area (Å²) in [6, 6.07) is 7.38. The van der Waals surface area contributed by atoms with Crippen LogP contribution in [0.1, 0.15) is 25.6 Å². The standard InChI is InChI=1S/C17H24N4O2/c1-13(2)11-16-18-17(23-19-16)12-20-7-9-21(10-8-20)14-3-5-15(22)6-4-14/h3-6,13,22H,7-12H2,1-2H3. The highest BCUT2D eigenvalue weighted by Crippen LogP contribution is 2.20. The van der Waals surface area contributed by atoms with Gasteiger partial charge in [0, 0.05) is 38.3 Å². The van der Waals surface area contributed by atoms with Crippen molar-refractivity contribution in [1.82, 2.24) is 15.0 Å². The lowest BCUT2D eigenvalue weighted by atomic mass is 10.1. The number of aromatic nitrogens is 2. The molecule has 1 aliphatic rings. The summed E-state index contributed by atoms with van der Waals surface area (Å²) in [6.45, 7) is 8.85. The summed E-state index contributed by atoms with van der Waals surface area (Å²) in [7, 11) is 0. The molecule has 0 unspecified atom stereocenters. The summed E-state index contributed by atoms with van der Waals surface area (Å²) >= 11 is 0. The Kier molecular flexibility index (Phi) is 4.81. The summed E-state index contributed by atoms with van der Waals surface area (Å²) in [5, 5.41) is 13.4. The molecule has 6 heteroatoms. The number of piperazine rings is 1. The fourth-order valence-electron chi connectivity index (χ4n) is 2.82. The van der Waals surface area contributed by atoms with E-state index in [0.29, 0.717) is 24.1 Å². The van der Waals surface area contributed by atoms with E-state index in [9.17, 15) is 5.11 Å². The summed E-state index contributed by atoms with van der Waals surface area (Å²) in [5.41, 5.74) is 1.15. The molecule has 0 saturated carbocycles. The minimum atomic E-state index is 0.306. The third kappa shape index (κ3) is 4.22. The van der Waals surface area contributed by atoms with Crippen LogP contribution in [0.2, 0.25) is 0 Å². The van der Waals surface area contributed by atoms with Gasteiger partial charge in [-0.15, -0.1) is 0 Å². The number of rotatable bonds is 5. The molecule has 1 saturated heterocycles. The number of aromatic hydroxyl groups is 1. The molecule has 0 aliphatic carbocycles. The number of hydrogen-bond donors (Lipinski definition) is 1. The van der Waals surface area contributed by atoms with Gasteiger partial charge in [-0.3, -0.25) is 4.90 Å². The molecule has 0 spiro atoms. The Hall–Kier alpha value is -2.08. The number of phenols is 1. The van der Waals surface area contributed by atoms with Crippen molar-refractivity contribution in [2.24, 2.45) is 5.92 Å². The van der Waals surface area contributed by atoms with Gasteiger partial charge in [-0.1, -0.05) is 19.0 Å². The van der Waals surface area contributed by atoms with Crippen LogP contribution in [0.15, 0.2) is 28.8 Å². The Morgan fingerprint density at radius 3 is 2.48 bits per heavy atom. The largest absolute Gasteiger partial charge is 0.508 e. The first-order valence-corrected chi connectivity index (χ1v) is 8.18. The van der Waals surface area contributed by atoms with Gasteiger partial charge < -0.3 is 14.5 Å². The van der Waals surface area contributed by atoms with E-state index in [1.54, 1.807) is 12.1 Å². The maximum Gasteiger partial charge on any atom is 0.240 e. The van der Waals surface area contributed by atoms with Crippen molar-refractivity contribution < 1.29 is 9.63 Å². The van der Waals surface area contributed by atoms with Crippen LogP contribution in [-0.4, -0.2) is 46.3 Å². The van der Waals surface area contributed by atoms with Gasteiger partial charge >= 0.3 is 0 Å².